The van der Waals surface area contributed by atoms with Crippen LogP contribution in [0.15, 0.2) is 34.9 Å². The van der Waals surface area contributed by atoms with E-state index in [0.29, 0.717) is 37.6 Å². The number of piperidine rings is 2. The number of Topliss-reactive ketones (excluding diaryl/α,β-unsaturated/α-hetero) is 1. The van der Waals surface area contributed by atoms with Crippen LogP contribution >= 0.6 is 0 Å². The number of benzene rings is 1. The Bertz CT molecular complexity index is 1430. The van der Waals surface area contributed by atoms with E-state index in [-0.39, 0.29) is 24.5 Å². The minimum atomic E-state index is -4.80. The lowest BCUT2D eigenvalue weighted by Crippen LogP contribution is -2.46. The van der Waals surface area contributed by atoms with Crippen molar-refractivity contribution in [2.75, 3.05) is 41.3 Å². The van der Waals surface area contributed by atoms with Crippen molar-refractivity contribution in [3.63, 3.8) is 0 Å². The number of nitrogens with one attached hydrogen (secondary N) is 2. The molecule has 12 heteroatoms. The molecule has 0 unspecified atom stereocenters. The lowest BCUT2D eigenvalue weighted by atomic mass is 10.0. The first kappa shape index (κ1) is 30.4. The number of hydrogen-bond donors (Lipinski definition) is 2. The van der Waals surface area contributed by atoms with Crippen LogP contribution < -0.4 is 20.4 Å². The molecule has 43 heavy (non-hydrogen) atoms. The number of pyridine rings is 1. The summed E-state index contributed by atoms with van der Waals surface area (Å²) in [5.74, 6) is -0.852. The molecule has 230 valence electrons. The number of rotatable bonds is 7. The van der Waals surface area contributed by atoms with Gasteiger partial charge in [0.1, 0.15) is 5.82 Å². The minimum absolute atomic E-state index is 0.0127. The maximum atomic E-state index is 13.7. The Morgan fingerprint density at radius 2 is 1.65 bits per heavy atom. The molecule has 3 aromatic rings. The number of carbonyl (C=O) groups is 2. The smallest absolute Gasteiger partial charge is 0.420 e. The van der Waals surface area contributed by atoms with Crippen molar-refractivity contribution in [2.45, 2.75) is 71.5 Å². The zero-order chi connectivity index (χ0) is 30.7. The molecule has 4 heterocycles. The van der Waals surface area contributed by atoms with Gasteiger partial charge in [0.2, 0.25) is 11.5 Å². The quantitative estimate of drug-likeness (QED) is 0.311. The lowest BCUT2D eigenvalue weighted by Gasteiger charge is -2.33. The number of carbonyl (C=O) groups excluding carboxylic acids is 2. The summed E-state index contributed by atoms with van der Waals surface area (Å²) in [6, 6.07) is 7.16. The van der Waals surface area contributed by atoms with Crippen LogP contribution in [0.5, 0.6) is 0 Å². The molecule has 0 spiro atoms. The highest BCUT2D eigenvalue weighted by molar-refractivity contribution is 5.96. The number of anilines is 3. The average Bonchev–Trinajstić information content (AvgIpc) is 3.43. The van der Waals surface area contributed by atoms with Crippen molar-refractivity contribution < 1.29 is 27.2 Å². The van der Waals surface area contributed by atoms with Crippen LogP contribution in [0.4, 0.5) is 35.5 Å². The maximum absolute atomic E-state index is 13.7. The molecule has 2 aliphatic heterocycles. The Labute approximate surface area is 248 Å². The molecule has 2 saturated heterocycles. The summed E-state index contributed by atoms with van der Waals surface area (Å²) in [6.45, 7) is 8.41. The number of ketones is 1. The van der Waals surface area contributed by atoms with Crippen LogP contribution in [0.1, 0.15) is 70.6 Å². The second-order valence-corrected chi connectivity index (χ2v) is 11.5. The van der Waals surface area contributed by atoms with E-state index in [1.54, 1.807) is 17.0 Å². The zero-order valence-corrected chi connectivity index (χ0v) is 24.7. The van der Waals surface area contributed by atoms with Gasteiger partial charge in [-0.15, -0.1) is 0 Å². The van der Waals surface area contributed by atoms with Crippen molar-refractivity contribution in [3.8, 4) is 0 Å². The van der Waals surface area contributed by atoms with E-state index < -0.39 is 23.4 Å². The highest BCUT2D eigenvalue weighted by Crippen LogP contribution is 2.35. The molecule has 1 aromatic carbocycles. The third kappa shape index (κ3) is 7.29. The van der Waals surface area contributed by atoms with E-state index in [0.717, 1.165) is 54.5 Å². The molecule has 2 fully saturated rings. The molecule has 2 N–H and O–H groups in total. The fourth-order valence-electron chi connectivity index (χ4n) is 5.85. The van der Waals surface area contributed by atoms with Gasteiger partial charge in [-0.25, -0.2) is 9.78 Å². The fourth-order valence-corrected chi connectivity index (χ4v) is 5.85. The van der Waals surface area contributed by atoms with Crippen LogP contribution in [-0.4, -0.2) is 54.0 Å². The van der Waals surface area contributed by atoms with E-state index in [2.05, 4.69) is 25.5 Å². The standard InChI is InChI=1S/C31H37F3N6O3/c1-19-15-20(2)26(21(3)16-19)37-29(42)36-23-9-13-39(14-10-23)25-8-7-22(18-35-25)17-24(41)27-28(31(32,33)34)38-30(43-27)40-11-5-4-6-12-40/h7-8,15-16,18,23H,4-6,9-14,17H2,1-3H3,(H2,36,37,42). The molecule has 2 aliphatic rings. The third-order valence-corrected chi connectivity index (χ3v) is 8.01. The fraction of sp³-hybridized carbons (Fsp3) is 0.484. The van der Waals surface area contributed by atoms with Gasteiger partial charge in [-0.05, 0) is 75.6 Å². The van der Waals surface area contributed by atoms with Gasteiger partial charge in [0.25, 0.3) is 6.01 Å². The zero-order valence-electron chi connectivity index (χ0n) is 24.7. The number of nitrogens with zero attached hydrogens (tertiary/aromatic N) is 4. The van der Waals surface area contributed by atoms with Crippen LogP contribution in [0.3, 0.4) is 0 Å². The molecule has 0 radical (unpaired) electrons. The van der Waals surface area contributed by atoms with Gasteiger partial charge >= 0.3 is 12.2 Å². The van der Waals surface area contributed by atoms with Crippen LogP contribution in [0.2, 0.25) is 0 Å². The topological polar surface area (TPSA) is 104 Å². The van der Waals surface area contributed by atoms with Gasteiger partial charge in [0.05, 0.1) is 0 Å². The highest BCUT2D eigenvalue weighted by Gasteiger charge is 2.41. The van der Waals surface area contributed by atoms with Crippen LogP contribution in [0, 0.1) is 20.8 Å². The molecule has 2 aromatic heterocycles. The maximum Gasteiger partial charge on any atom is 0.437 e. The Balaban J connectivity index is 1.15. The monoisotopic (exact) mass is 598 g/mol. The van der Waals surface area contributed by atoms with Crippen LogP contribution in [0.25, 0.3) is 0 Å². The van der Waals surface area contributed by atoms with E-state index in [1.807, 2.05) is 32.9 Å². The van der Waals surface area contributed by atoms with Crippen molar-refractivity contribution >= 4 is 29.3 Å². The van der Waals surface area contributed by atoms with Crippen molar-refractivity contribution in [3.05, 3.63) is 64.2 Å². The number of aromatic nitrogens is 2. The molecule has 9 nitrogen and oxygen atoms in total. The number of aryl methyl sites for hydroxylation is 3. The average molecular weight is 599 g/mol. The van der Waals surface area contributed by atoms with Crippen LogP contribution in [-0.2, 0) is 12.6 Å². The second-order valence-electron chi connectivity index (χ2n) is 11.5. The van der Waals surface area contributed by atoms with Gasteiger partial charge in [-0.1, -0.05) is 23.8 Å². The largest absolute Gasteiger partial charge is 0.437 e. The summed E-state index contributed by atoms with van der Waals surface area (Å²) >= 11 is 0. The molecule has 5 rings (SSSR count). The first-order valence-electron chi connectivity index (χ1n) is 14.7. The predicted molar refractivity (Wildman–Crippen MR) is 158 cm³/mol. The molecule has 2 amide bonds. The number of hydrogen-bond acceptors (Lipinski definition) is 7. The molecule has 0 atom stereocenters. The van der Waals surface area contributed by atoms with E-state index >= 15 is 0 Å². The van der Waals surface area contributed by atoms with Gasteiger partial charge in [0, 0.05) is 50.5 Å². The number of oxazole rings is 1. The molecule has 0 saturated carbocycles. The minimum Gasteiger partial charge on any atom is -0.420 e. The first-order valence-corrected chi connectivity index (χ1v) is 14.7. The van der Waals surface area contributed by atoms with Crippen molar-refractivity contribution in [1.82, 2.24) is 15.3 Å². The SMILES string of the molecule is Cc1cc(C)c(NC(=O)NC2CCN(c3ccc(CC(=O)c4oc(N5CCCCC5)nc4C(F)(F)F)cn3)CC2)c(C)c1. The summed E-state index contributed by atoms with van der Waals surface area (Å²) < 4.78 is 46.5. The predicted octanol–water partition coefficient (Wildman–Crippen LogP) is 6.22. The first-order chi connectivity index (χ1) is 20.5. The Morgan fingerprint density at radius 3 is 2.26 bits per heavy atom. The molecular formula is C31H37F3N6O3. The summed E-state index contributed by atoms with van der Waals surface area (Å²) in [5.41, 5.74) is 3.20. The van der Waals surface area contributed by atoms with Gasteiger partial charge in [-0.2, -0.15) is 18.2 Å². The van der Waals surface area contributed by atoms with Gasteiger partial charge in [-0.3, -0.25) is 4.79 Å². The number of alkyl halides is 3. The molecular weight excluding hydrogens is 561 g/mol. The summed E-state index contributed by atoms with van der Waals surface area (Å²) in [7, 11) is 0. The number of halogens is 3. The Hall–Kier alpha value is -4.09. The summed E-state index contributed by atoms with van der Waals surface area (Å²) in [4.78, 5) is 37.4. The normalized spacial score (nSPS) is 16.3. The second kappa shape index (κ2) is 12.6. The van der Waals surface area contributed by atoms with Gasteiger partial charge in [0.15, 0.2) is 5.69 Å². The molecule has 0 bridgehead atoms. The van der Waals surface area contributed by atoms with E-state index in [4.69, 9.17) is 4.42 Å². The Morgan fingerprint density at radius 1 is 0.977 bits per heavy atom. The number of urea groups is 1. The van der Waals surface area contributed by atoms with E-state index in [1.165, 1.54) is 6.20 Å². The lowest BCUT2D eigenvalue weighted by molar-refractivity contribution is -0.141. The van der Waals surface area contributed by atoms with E-state index in [9.17, 15) is 22.8 Å². The third-order valence-electron chi connectivity index (χ3n) is 8.01. The highest BCUT2D eigenvalue weighted by atomic mass is 19.4. The molecule has 0 aliphatic carbocycles. The summed E-state index contributed by atoms with van der Waals surface area (Å²) in [5, 5.41) is 6.04. The van der Waals surface area contributed by atoms with Crippen molar-refractivity contribution in [2.24, 2.45) is 0 Å². The Kier molecular flexibility index (Phi) is 8.93. The van der Waals surface area contributed by atoms with Crippen molar-refractivity contribution in [1.29, 1.82) is 0 Å². The van der Waals surface area contributed by atoms with Gasteiger partial charge < -0.3 is 24.9 Å². The summed E-state index contributed by atoms with van der Waals surface area (Å²) in [6.07, 6.45) is 0.546. The number of amides is 2.